The van der Waals surface area contributed by atoms with Crippen LogP contribution in [0.15, 0.2) is 24.3 Å². The molecule has 7 heteroatoms. The van der Waals surface area contributed by atoms with Crippen molar-refractivity contribution < 1.29 is 19.4 Å². The van der Waals surface area contributed by atoms with Crippen molar-refractivity contribution in [3.05, 3.63) is 35.0 Å². The fourth-order valence-electron chi connectivity index (χ4n) is 3.30. The fraction of sp³-hybridized carbons (Fsp3) is 0.412. The van der Waals surface area contributed by atoms with Crippen molar-refractivity contribution in [2.45, 2.75) is 24.8 Å². The molecule has 2 N–H and O–H groups in total. The molecular weight excluding hydrogens is 332 g/mol. The number of carbonyl (C=O) groups excluding carboxylic acids is 1. The molecule has 1 aromatic carbocycles. The van der Waals surface area contributed by atoms with E-state index < -0.39 is 11.5 Å². The fourth-order valence-corrected chi connectivity index (χ4v) is 3.67. The summed E-state index contributed by atoms with van der Waals surface area (Å²) in [5.74, 6) is -1.30. The second-order valence-electron chi connectivity index (χ2n) is 6.16. The number of carboxylic acid groups (broad SMARTS) is 1. The minimum Gasteiger partial charge on any atom is -0.481 e. The Bertz CT molecular complexity index is 754. The molecule has 1 fully saturated rings. The second kappa shape index (κ2) is 6.45. The summed E-state index contributed by atoms with van der Waals surface area (Å²) in [6.45, 7) is 0.854. The minimum absolute atomic E-state index is 0.135. The number of carboxylic acids is 1. The number of fused-ring (bicyclic) bond motifs is 1. The van der Waals surface area contributed by atoms with Crippen LogP contribution in [0.25, 0.3) is 10.9 Å². The van der Waals surface area contributed by atoms with Gasteiger partial charge in [0.1, 0.15) is 5.69 Å². The molecule has 0 radical (unpaired) electrons. The number of para-hydroxylation sites is 1. The lowest BCUT2D eigenvalue weighted by Gasteiger charge is -2.36. The molecule has 1 saturated heterocycles. The first kappa shape index (κ1) is 16.8. The van der Waals surface area contributed by atoms with E-state index in [0.717, 1.165) is 10.9 Å². The van der Waals surface area contributed by atoms with Gasteiger partial charge in [-0.05, 0) is 18.9 Å². The highest BCUT2D eigenvalue weighted by Gasteiger charge is 2.37. The van der Waals surface area contributed by atoms with Crippen molar-refractivity contribution >= 4 is 34.4 Å². The van der Waals surface area contributed by atoms with Gasteiger partial charge in [0.25, 0.3) is 5.91 Å². The maximum Gasteiger partial charge on any atom is 0.305 e. The zero-order valence-corrected chi connectivity index (χ0v) is 14.1. The summed E-state index contributed by atoms with van der Waals surface area (Å²) in [6.07, 6.45) is 0.795. The van der Waals surface area contributed by atoms with Crippen LogP contribution in [0, 0.1) is 0 Å². The lowest BCUT2D eigenvalue weighted by Crippen LogP contribution is -2.53. The Hall–Kier alpha value is -2.05. The normalized spacial score (nSPS) is 16.9. The maximum atomic E-state index is 12.9. The van der Waals surface area contributed by atoms with E-state index >= 15 is 0 Å². The van der Waals surface area contributed by atoms with Crippen LogP contribution in [0.2, 0.25) is 5.02 Å². The quantitative estimate of drug-likeness (QED) is 0.888. The summed E-state index contributed by atoms with van der Waals surface area (Å²) >= 11 is 6.40. The van der Waals surface area contributed by atoms with Crippen molar-refractivity contribution in [3.63, 3.8) is 0 Å². The number of halogens is 1. The third-order valence-corrected chi connectivity index (χ3v) is 4.96. The molecule has 0 spiro atoms. The first-order valence-electron chi connectivity index (χ1n) is 7.78. The number of hydrogen-bond donors (Lipinski definition) is 2. The summed E-state index contributed by atoms with van der Waals surface area (Å²) in [7, 11) is 1.77. The number of amides is 1. The highest BCUT2D eigenvalue weighted by atomic mass is 35.5. The van der Waals surface area contributed by atoms with Gasteiger partial charge in [0, 0.05) is 31.2 Å². The van der Waals surface area contributed by atoms with Crippen LogP contribution in [0.5, 0.6) is 0 Å². The molecule has 24 heavy (non-hydrogen) atoms. The van der Waals surface area contributed by atoms with Crippen molar-refractivity contribution in [3.8, 4) is 0 Å². The van der Waals surface area contributed by atoms with E-state index in [1.54, 1.807) is 11.6 Å². The Morgan fingerprint density at radius 3 is 2.62 bits per heavy atom. The Kier molecular flexibility index (Phi) is 4.51. The van der Waals surface area contributed by atoms with Crippen molar-refractivity contribution in [2.24, 2.45) is 7.05 Å². The lowest BCUT2D eigenvalue weighted by molar-refractivity contribution is -0.139. The summed E-state index contributed by atoms with van der Waals surface area (Å²) in [6, 6.07) is 7.49. The Morgan fingerprint density at radius 1 is 1.33 bits per heavy atom. The number of carbonyl (C=O) groups is 2. The zero-order chi connectivity index (χ0) is 17.3. The van der Waals surface area contributed by atoms with E-state index in [9.17, 15) is 14.7 Å². The molecule has 3 rings (SSSR count). The molecule has 2 heterocycles. The maximum absolute atomic E-state index is 12.9. The average molecular weight is 351 g/mol. The molecule has 0 bridgehead atoms. The van der Waals surface area contributed by atoms with Gasteiger partial charge in [0.15, 0.2) is 0 Å². The number of nitrogens with one attached hydrogen (secondary N) is 1. The molecule has 6 nitrogen and oxygen atoms in total. The first-order chi connectivity index (χ1) is 11.4. The minimum atomic E-state index is -0.944. The molecule has 1 amide bonds. The third kappa shape index (κ3) is 2.99. The van der Waals surface area contributed by atoms with Gasteiger partial charge >= 0.3 is 5.97 Å². The number of nitrogens with zero attached hydrogens (tertiary/aromatic N) is 1. The van der Waals surface area contributed by atoms with Gasteiger partial charge in [0.2, 0.25) is 0 Å². The van der Waals surface area contributed by atoms with E-state index in [1.165, 1.54) is 0 Å². The van der Waals surface area contributed by atoms with Gasteiger partial charge in [-0.2, -0.15) is 0 Å². The number of aromatic nitrogens is 1. The van der Waals surface area contributed by atoms with Crippen LogP contribution in [-0.4, -0.2) is 40.3 Å². The van der Waals surface area contributed by atoms with E-state index in [2.05, 4.69) is 5.32 Å². The monoisotopic (exact) mass is 350 g/mol. The number of aryl methyl sites for hydroxylation is 1. The highest BCUT2D eigenvalue weighted by molar-refractivity contribution is 6.38. The molecule has 2 aromatic rings. The predicted octanol–water partition coefficient (Wildman–Crippen LogP) is 2.59. The summed E-state index contributed by atoms with van der Waals surface area (Å²) in [5, 5.41) is 13.3. The van der Waals surface area contributed by atoms with Crippen LogP contribution in [0.4, 0.5) is 0 Å². The summed E-state index contributed by atoms with van der Waals surface area (Å²) in [4.78, 5) is 24.1. The van der Waals surface area contributed by atoms with Gasteiger partial charge in [-0.3, -0.25) is 9.59 Å². The zero-order valence-electron chi connectivity index (χ0n) is 13.3. The summed E-state index contributed by atoms with van der Waals surface area (Å²) < 4.78 is 7.05. The SMILES string of the molecule is Cn1c(C(=O)NC2(CC(=O)O)CCOCC2)c(Cl)c2ccccc21. The number of rotatable bonds is 4. The third-order valence-electron chi connectivity index (χ3n) is 4.58. The van der Waals surface area contributed by atoms with E-state index in [1.807, 2.05) is 24.3 Å². The second-order valence-corrected chi connectivity index (χ2v) is 6.53. The molecule has 1 aromatic heterocycles. The topological polar surface area (TPSA) is 80.6 Å². The van der Waals surface area contributed by atoms with Gasteiger partial charge in [0.05, 0.1) is 17.0 Å². The number of hydrogen-bond acceptors (Lipinski definition) is 3. The standard InChI is InChI=1S/C17H19ClN2O4/c1-20-12-5-3-2-4-11(12)14(18)15(20)16(23)19-17(10-13(21)22)6-8-24-9-7-17/h2-5H,6-10H2,1H3,(H,19,23)(H,21,22). The van der Waals surface area contributed by atoms with Crippen LogP contribution in [0.3, 0.4) is 0 Å². The van der Waals surface area contributed by atoms with Crippen LogP contribution < -0.4 is 5.32 Å². The van der Waals surface area contributed by atoms with Crippen LogP contribution in [0.1, 0.15) is 29.8 Å². The van der Waals surface area contributed by atoms with Gasteiger partial charge in [-0.25, -0.2) is 0 Å². The van der Waals surface area contributed by atoms with Gasteiger partial charge < -0.3 is 19.7 Å². The van der Waals surface area contributed by atoms with Crippen molar-refractivity contribution in [1.29, 1.82) is 0 Å². The molecule has 0 unspecified atom stereocenters. The summed E-state index contributed by atoms with van der Waals surface area (Å²) in [5.41, 5.74) is 0.391. The molecule has 0 aliphatic carbocycles. The van der Waals surface area contributed by atoms with E-state index in [4.69, 9.17) is 16.3 Å². The smallest absolute Gasteiger partial charge is 0.305 e. The molecule has 0 atom stereocenters. The van der Waals surface area contributed by atoms with Gasteiger partial charge in [-0.15, -0.1) is 0 Å². The number of aliphatic carboxylic acids is 1. The predicted molar refractivity (Wildman–Crippen MR) is 90.4 cm³/mol. The number of ether oxygens (including phenoxy) is 1. The molecule has 1 aliphatic rings. The van der Waals surface area contributed by atoms with Gasteiger partial charge in [-0.1, -0.05) is 29.8 Å². The lowest BCUT2D eigenvalue weighted by atomic mass is 9.86. The Labute approximate surface area is 144 Å². The number of benzene rings is 1. The average Bonchev–Trinajstić information content (AvgIpc) is 2.79. The first-order valence-corrected chi connectivity index (χ1v) is 8.16. The largest absolute Gasteiger partial charge is 0.481 e. The molecule has 128 valence electrons. The van der Waals surface area contributed by atoms with Crippen molar-refractivity contribution in [1.82, 2.24) is 9.88 Å². The Balaban J connectivity index is 1.95. The molecular formula is C17H19ClN2O4. The van der Waals surface area contributed by atoms with Crippen molar-refractivity contribution in [2.75, 3.05) is 13.2 Å². The molecule has 0 saturated carbocycles. The Morgan fingerprint density at radius 2 is 2.00 bits per heavy atom. The van der Waals surface area contributed by atoms with Crippen LogP contribution in [-0.2, 0) is 16.6 Å². The van der Waals surface area contributed by atoms with Crippen LogP contribution >= 0.6 is 11.6 Å². The van der Waals surface area contributed by atoms with E-state index in [-0.39, 0.29) is 12.3 Å². The highest BCUT2D eigenvalue weighted by Crippen LogP contribution is 2.31. The molecule has 1 aliphatic heterocycles. The van der Waals surface area contributed by atoms with E-state index in [0.29, 0.717) is 36.8 Å².